The number of benzene rings is 2. The van der Waals surface area contributed by atoms with Crippen LogP contribution in [0, 0.1) is 0 Å². The zero-order valence-electron chi connectivity index (χ0n) is 16.8. The van der Waals surface area contributed by atoms with Crippen LogP contribution in [0.3, 0.4) is 0 Å². The SMILES string of the molecule is COc1cc(NC(=O)COc2ccccc2)c(C(=O)N2CCCCC2)cc1OC. The van der Waals surface area contributed by atoms with Crippen molar-refractivity contribution in [2.75, 3.05) is 39.2 Å². The lowest BCUT2D eigenvalue weighted by Gasteiger charge is -2.28. The highest BCUT2D eigenvalue weighted by Gasteiger charge is 2.24. The minimum absolute atomic E-state index is 0.134. The van der Waals surface area contributed by atoms with Gasteiger partial charge in [0.2, 0.25) is 0 Å². The van der Waals surface area contributed by atoms with Crippen LogP contribution in [-0.4, -0.2) is 50.6 Å². The highest BCUT2D eigenvalue weighted by Crippen LogP contribution is 2.34. The molecule has 0 radical (unpaired) electrons. The predicted octanol–water partition coefficient (Wildman–Crippen LogP) is 3.35. The topological polar surface area (TPSA) is 77.1 Å². The molecule has 7 nitrogen and oxygen atoms in total. The highest BCUT2D eigenvalue weighted by atomic mass is 16.5. The van der Waals surface area contributed by atoms with Gasteiger partial charge in [0.15, 0.2) is 18.1 Å². The van der Waals surface area contributed by atoms with Gasteiger partial charge in [-0.2, -0.15) is 0 Å². The summed E-state index contributed by atoms with van der Waals surface area (Å²) in [5, 5.41) is 2.78. The third kappa shape index (κ3) is 5.19. The van der Waals surface area contributed by atoms with Crippen molar-refractivity contribution in [3.63, 3.8) is 0 Å². The van der Waals surface area contributed by atoms with Crippen molar-refractivity contribution in [2.45, 2.75) is 19.3 Å². The molecule has 29 heavy (non-hydrogen) atoms. The Balaban J connectivity index is 1.80. The summed E-state index contributed by atoms with van der Waals surface area (Å²) in [4.78, 5) is 27.4. The van der Waals surface area contributed by atoms with Crippen LogP contribution >= 0.6 is 0 Å². The number of nitrogens with zero attached hydrogens (tertiary/aromatic N) is 1. The third-order valence-corrected chi connectivity index (χ3v) is 4.78. The number of methoxy groups -OCH3 is 2. The number of carbonyl (C=O) groups excluding carboxylic acids is 2. The fourth-order valence-electron chi connectivity index (χ4n) is 3.28. The Morgan fingerprint density at radius 1 is 0.966 bits per heavy atom. The molecule has 1 aliphatic rings. The van der Waals surface area contributed by atoms with Gasteiger partial charge in [0.1, 0.15) is 5.75 Å². The Kier molecular flexibility index (Phi) is 6.94. The second-order valence-corrected chi connectivity index (χ2v) is 6.76. The minimum Gasteiger partial charge on any atom is -0.493 e. The molecule has 2 aromatic carbocycles. The van der Waals surface area contributed by atoms with Gasteiger partial charge in [-0.05, 0) is 37.5 Å². The van der Waals surface area contributed by atoms with Crippen LogP contribution in [-0.2, 0) is 4.79 Å². The fraction of sp³-hybridized carbons (Fsp3) is 0.364. The molecule has 1 saturated heterocycles. The molecule has 3 rings (SSSR count). The Labute approximate surface area is 170 Å². The van der Waals surface area contributed by atoms with Crippen LogP contribution in [0.5, 0.6) is 17.2 Å². The van der Waals surface area contributed by atoms with E-state index in [4.69, 9.17) is 14.2 Å². The van der Waals surface area contributed by atoms with Gasteiger partial charge in [-0.15, -0.1) is 0 Å². The Morgan fingerprint density at radius 2 is 1.62 bits per heavy atom. The standard InChI is InChI=1S/C22H26N2O5/c1-27-19-13-17(22(26)24-11-7-4-8-12-24)18(14-20(19)28-2)23-21(25)15-29-16-9-5-3-6-10-16/h3,5-6,9-10,13-14H,4,7-8,11-12,15H2,1-2H3,(H,23,25). The molecule has 0 unspecified atom stereocenters. The van der Waals surface area contributed by atoms with Gasteiger partial charge >= 0.3 is 0 Å². The average Bonchev–Trinajstić information content (AvgIpc) is 2.78. The summed E-state index contributed by atoms with van der Waals surface area (Å²) in [6.45, 7) is 1.24. The van der Waals surface area contributed by atoms with E-state index in [0.29, 0.717) is 41.6 Å². The Hall–Kier alpha value is -3.22. The number of carbonyl (C=O) groups is 2. The van der Waals surface area contributed by atoms with Crippen molar-refractivity contribution in [1.82, 2.24) is 4.90 Å². The molecule has 1 fully saturated rings. The monoisotopic (exact) mass is 398 g/mol. The van der Waals surface area contributed by atoms with Crippen LogP contribution in [0.4, 0.5) is 5.69 Å². The van der Waals surface area contributed by atoms with E-state index in [0.717, 1.165) is 19.3 Å². The number of rotatable bonds is 7. The van der Waals surface area contributed by atoms with Crippen LogP contribution in [0.2, 0.25) is 0 Å². The largest absolute Gasteiger partial charge is 0.493 e. The third-order valence-electron chi connectivity index (χ3n) is 4.78. The number of nitrogens with one attached hydrogen (secondary N) is 1. The lowest BCUT2D eigenvalue weighted by Crippen LogP contribution is -2.36. The van der Waals surface area contributed by atoms with Crippen molar-refractivity contribution < 1.29 is 23.8 Å². The predicted molar refractivity (Wildman–Crippen MR) is 110 cm³/mol. The zero-order chi connectivity index (χ0) is 20.6. The van der Waals surface area contributed by atoms with Gasteiger partial charge in [0.25, 0.3) is 11.8 Å². The molecule has 2 amide bonds. The highest BCUT2D eigenvalue weighted by molar-refractivity contribution is 6.05. The smallest absolute Gasteiger partial charge is 0.262 e. The number of ether oxygens (including phenoxy) is 3. The van der Waals surface area contributed by atoms with Crippen LogP contribution < -0.4 is 19.5 Å². The van der Waals surface area contributed by atoms with E-state index < -0.39 is 0 Å². The molecular weight excluding hydrogens is 372 g/mol. The average molecular weight is 398 g/mol. The van der Waals surface area contributed by atoms with Gasteiger partial charge in [0.05, 0.1) is 25.5 Å². The van der Waals surface area contributed by atoms with Crippen molar-refractivity contribution in [1.29, 1.82) is 0 Å². The lowest BCUT2D eigenvalue weighted by atomic mass is 10.1. The van der Waals surface area contributed by atoms with E-state index >= 15 is 0 Å². The number of likely N-dealkylation sites (tertiary alicyclic amines) is 1. The quantitative estimate of drug-likeness (QED) is 0.774. The summed E-state index contributed by atoms with van der Waals surface area (Å²) in [6.07, 6.45) is 3.08. The number of piperidine rings is 1. The molecule has 1 aliphatic heterocycles. The lowest BCUT2D eigenvalue weighted by molar-refractivity contribution is -0.118. The number of hydrogen-bond donors (Lipinski definition) is 1. The first-order valence-corrected chi connectivity index (χ1v) is 9.65. The van der Waals surface area contributed by atoms with Gasteiger partial charge < -0.3 is 24.4 Å². The van der Waals surface area contributed by atoms with Gasteiger partial charge in [-0.3, -0.25) is 9.59 Å². The molecule has 0 saturated carbocycles. The van der Waals surface area contributed by atoms with E-state index in [2.05, 4.69) is 5.32 Å². The van der Waals surface area contributed by atoms with Gasteiger partial charge in [-0.25, -0.2) is 0 Å². The van der Waals surface area contributed by atoms with Crippen molar-refractivity contribution >= 4 is 17.5 Å². The summed E-state index contributed by atoms with van der Waals surface area (Å²) in [7, 11) is 3.02. The summed E-state index contributed by atoms with van der Waals surface area (Å²) in [6, 6.07) is 12.3. The van der Waals surface area contributed by atoms with Gasteiger partial charge in [-0.1, -0.05) is 18.2 Å². The number of anilines is 1. The van der Waals surface area contributed by atoms with Crippen molar-refractivity contribution in [3.05, 3.63) is 48.0 Å². The summed E-state index contributed by atoms with van der Waals surface area (Å²) in [5.74, 6) is 0.964. The fourth-order valence-corrected chi connectivity index (χ4v) is 3.28. The van der Waals surface area contributed by atoms with Gasteiger partial charge in [0, 0.05) is 19.2 Å². The number of amides is 2. The number of para-hydroxylation sites is 1. The molecule has 0 atom stereocenters. The normalized spacial score (nSPS) is 13.5. The molecule has 1 heterocycles. The van der Waals surface area contributed by atoms with E-state index in [1.165, 1.54) is 14.2 Å². The number of hydrogen-bond acceptors (Lipinski definition) is 5. The maximum atomic E-state index is 13.1. The van der Waals surface area contributed by atoms with Crippen LogP contribution in [0.15, 0.2) is 42.5 Å². The van der Waals surface area contributed by atoms with E-state index in [1.54, 1.807) is 29.2 Å². The molecule has 154 valence electrons. The Bertz CT molecular complexity index is 848. The van der Waals surface area contributed by atoms with Crippen molar-refractivity contribution in [2.24, 2.45) is 0 Å². The summed E-state index contributed by atoms with van der Waals surface area (Å²) < 4.78 is 16.2. The van der Waals surface area contributed by atoms with Crippen molar-refractivity contribution in [3.8, 4) is 17.2 Å². The summed E-state index contributed by atoms with van der Waals surface area (Å²) in [5.41, 5.74) is 0.748. The second kappa shape index (κ2) is 9.82. The second-order valence-electron chi connectivity index (χ2n) is 6.76. The van der Waals surface area contributed by atoms with Crippen LogP contribution in [0.1, 0.15) is 29.6 Å². The van der Waals surface area contributed by atoms with E-state index in [1.807, 2.05) is 18.2 Å². The van der Waals surface area contributed by atoms with Crippen LogP contribution in [0.25, 0.3) is 0 Å². The molecular formula is C22H26N2O5. The zero-order valence-corrected chi connectivity index (χ0v) is 16.8. The molecule has 1 N–H and O–H groups in total. The maximum Gasteiger partial charge on any atom is 0.262 e. The summed E-state index contributed by atoms with van der Waals surface area (Å²) >= 11 is 0. The molecule has 2 aromatic rings. The molecule has 7 heteroatoms. The first-order valence-electron chi connectivity index (χ1n) is 9.65. The first kappa shape index (κ1) is 20.5. The molecule has 0 spiro atoms. The first-order chi connectivity index (χ1) is 14.1. The maximum absolute atomic E-state index is 13.1. The molecule has 0 aromatic heterocycles. The van der Waals surface area contributed by atoms with E-state index in [9.17, 15) is 9.59 Å². The van der Waals surface area contributed by atoms with E-state index in [-0.39, 0.29) is 18.4 Å². The minimum atomic E-state index is -0.367. The molecule has 0 bridgehead atoms. The Morgan fingerprint density at radius 3 is 2.28 bits per heavy atom. The molecule has 0 aliphatic carbocycles.